The van der Waals surface area contributed by atoms with Crippen LogP contribution in [0.15, 0.2) is 48.9 Å². The third-order valence-corrected chi connectivity index (χ3v) is 5.07. The summed E-state index contributed by atoms with van der Waals surface area (Å²) < 4.78 is 20.2. The molecule has 2 N–H and O–H groups in total. The highest BCUT2D eigenvalue weighted by atomic mass is 19.1. The molecule has 34 heavy (non-hydrogen) atoms. The van der Waals surface area contributed by atoms with E-state index in [-0.39, 0.29) is 37.4 Å². The average Bonchev–Trinajstić information content (AvgIpc) is 3.24. The Labute approximate surface area is 197 Å². The topological polar surface area (TPSA) is 114 Å². The van der Waals surface area contributed by atoms with Gasteiger partial charge < -0.3 is 20.3 Å². The number of aryl methyl sites for hydroxylation is 1. The lowest BCUT2D eigenvalue weighted by molar-refractivity contribution is -0.133. The minimum absolute atomic E-state index is 0.0298. The molecule has 0 fully saturated rings. The zero-order valence-corrected chi connectivity index (χ0v) is 19.4. The van der Waals surface area contributed by atoms with Gasteiger partial charge in [-0.2, -0.15) is 14.5 Å². The second-order valence-electron chi connectivity index (χ2n) is 7.84. The maximum absolute atomic E-state index is 13.0. The predicted octanol–water partition coefficient (Wildman–Crippen LogP) is 2.49. The molecule has 1 aromatic carbocycles. The maximum Gasteiger partial charge on any atom is 0.310 e. The number of aromatic nitrogens is 4. The molecule has 2 amide bonds. The van der Waals surface area contributed by atoms with E-state index in [9.17, 15) is 14.0 Å². The molecule has 180 valence electrons. The number of amides is 2. The van der Waals surface area contributed by atoms with Crippen molar-refractivity contribution in [1.29, 1.82) is 0 Å². The fourth-order valence-electron chi connectivity index (χ4n) is 2.93. The van der Waals surface area contributed by atoms with Gasteiger partial charge in [0.2, 0.25) is 11.8 Å². The van der Waals surface area contributed by atoms with E-state index in [0.29, 0.717) is 18.1 Å². The zero-order chi connectivity index (χ0) is 24.5. The Morgan fingerprint density at radius 3 is 2.74 bits per heavy atom. The smallest absolute Gasteiger partial charge is 0.310 e. The van der Waals surface area contributed by atoms with Crippen molar-refractivity contribution in [2.24, 2.45) is 0 Å². The number of anilines is 2. The van der Waals surface area contributed by atoms with Crippen molar-refractivity contribution >= 4 is 23.3 Å². The monoisotopic (exact) mass is 469 g/mol. The van der Waals surface area contributed by atoms with Gasteiger partial charge in [0.1, 0.15) is 24.7 Å². The molecule has 0 aliphatic heterocycles. The quantitative estimate of drug-likeness (QED) is 0.415. The Morgan fingerprint density at radius 2 is 2.00 bits per heavy atom. The molecular weight excluding hydrogens is 441 g/mol. The number of halogens is 1. The first-order valence-electron chi connectivity index (χ1n) is 10.8. The summed E-state index contributed by atoms with van der Waals surface area (Å²) in [6.07, 6.45) is 3.65. The summed E-state index contributed by atoms with van der Waals surface area (Å²) in [5.74, 6) is 0.661. The van der Waals surface area contributed by atoms with Gasteiger partial charge in [0.05, 0.1) is 17.9 Å². The number of benzene rings is 1. The van der Waals surface area contributed by atoms with Crippen molar-refractivity contribution in [3.63, 3.8) is 0 Å². The largest absolute Gasteiger partial charge is 0.491 e. The van der Waals surface area contributed by atoms with Crippen LogP contribution < -0.4 is 15.4 Å². The van der Waals surface area contributed by atoms with Crippen molar-refractivity contribution < 1.29 is 18.7 Å². The van der Waals surface area contributed by atoms with Crippen LogP contribution in [0.1, 0.15) is 18.9 Å². The fraction of sp³-hybridized carbons (Fsp3) is 0.348. The molecule has 0 bridgehead atoms. The minimum atomic E-state index is -0.838. The molecule has 0 saturated carbocycles. The Bertz CT molecular complexity index is 1100. The molecule has 2 heterocycles. The number of ether oxygens (including phenoxy) is 1. The summed E-state index contributed by atoms with van der Waals surface area (Å²) in [5.41, 5.74) is 1.63. The van der Waals surface area contributed by atoms with Gasteiger partial charge in [0, 0.05) is 32.4 Å². The van der Waals surface area contributed by atoms with Gasteiger partial charge in [-0.15, -0.1) is 0 Å². The number of hydrogen-bond donors (Lipinski definition) is 2. The van der Waals surface area contributed by atoms with Crippen LogP contribution in [0.4, 0.5) is 15.9 Å². The first-order chi connectivity index (χ1) is 16.3. The van der Waals surface area contributed by atoms with Gasteiger partial charge in [-0.1, -0.05) is 17.7 Å². The van der Waals surface area contributed by atoms with Crippen LogP contribution in [-0.4, -0.2) is 62.7 Å². The highest BCUT2D eigenvalue weighted by Gasteiger charge is 2.17. The lowest BCUT2D eigenvalue weighted by Gasteiger charge is -2.25. The normalized spacial score (nSPS) is 11.5. The summed E-state index contributed by atoms with van der Waals surface area (Å²) >= 11 is 0. The molecular formula is C23H28FN7O3. The molecule has 10 nitrogen and oxygen atoms in total. The molecule has 0 aliphatic carbocycles. The van der Waals surface area contributed by atoms with Crippen LogP contribution in [0, 0.1) is 13.0 Å². The summed E-state index contributed by atoms with van der Waals surface area (Å²) in [7, 11) is 1.72. The van der Waals surface area contributed by atoms with Crippen molar-refractivity contribution in [3.05, 3.63) is 60.6 Å². The van der Waals surface area contributed by atoms with E-state index in [1.54, 1.807) is 18.1 Å². The molecule has 11 heteroatoms. The molecule has 0 saturated heterocycles. The van der Waals surface area contributed by atoms with Crippen LogP contribution >= 0.6 is 0 Å². The third kappa shape index (κ3) is 7.54. The van der Waals surface area contributed by atoms with Crippen molar-refractivity contribution in [3.8, 4) is 5.75 Å². The molecule has 1 atom stereocenters. The summed E-state index contributed by atoms with van der Waals surface area (Å²) in [6.45, 7) is 4.57. The Morgan fingerprint density at radius 1 is 1.24 bits per heavy atom. The Kier molecular flexibility index (Phi) is 8.49. The second kappa shape index (κ2) is 11.7. The van der Waals surface area contributed by atoms with E-state index < -0.39 is 6.08 Å². The van der Waals surface area contributed by atoms with Gasteiger partial charge in [-0.25, -0.2) is 4.98 Å². The van der Waals surface area contributed by atoms with Crippen LogP contribution in [0.25, 0.3) is 0 Å². The van der Waals surface area contributed by atoms with Crippen LogP contribution in [0.3, 0.4) is 0 Å². The predicted molar refractivity (Wildman–Crippen MR) is 125 cm³/mol. The van der Waals surface area contributed by atoms with Crippen LogP contribution in [0.5, 0.6) is 5.75 Å². The molecule has 0 spiro atoms. The average molecular weight is 470 g/mol. The van der Waals surface area contributed by atoms with Gasteiger partial charge >= 0.3 is 6.08 Å². The van der Waals surface area contributed by atoms with E-state index in [2.05, 4.69) is 25.7 Å². The number of carbonyl (C=O) groups excluding carboxylic acids is 2. The number of carbonyl (C=O) groups is 2. The van der Waals surface area contributed by atoms with Gasteiger partial charge in [0.25, 0.3) is 0 Å². The number of hydrogen-bond acceptors (Lipinski definition) is 7. The van der Waals surface area contributed by atoms with Gasteiger partial charge in [-0.05, 0) is 32.0 Å². The molecule has 0 unspecified atom stereocenters. The van der Waals surface area contributed by atoms with E-state index in [0.717, 1.165) is 11.3 Å². The van der Waals surface area contributed by atoms with E-state index in [1.165, 1.54) is 23.1 Å². The van der Waals surface area contributed by atoms with Crippen molar-refractivity contribution in [1.82, 2.24) is 24.6 Å². The van der Waals surface area contributed by atoms with Gasteiger partial charge in [-0.3, -0.25) is 14.3 Å². The second-order valence-corrected chi connectivity index (χ2v) is 7.84. The minimum Gasteiger partial charge on any atom is -0.491 e. The maximum atomic E-state index is 13.0. The molecule has 0 radical (unpaired) electrons. The lowest BCUT2D eigenvalue weighted by atomic mass is 10.2. The first kappa shape index (κ1) is 24.6. The Balaban J connectivity index is 1.40. The number of likely N-dealkylation sites (N-methyl/N-ethyl adjacent to an activating group) is 1. The summed E-state index contributed by atoms with van der Waals surface area (Å²) in [6, 6.07) is 9.11. The standard InChI is InChI=1S/C23H28FN7O3/c1-16-4-6-19(7-5-16)34-15-17(2)30(3)22(33)14-31-13-18(12-27-31)28-21(32)9-11-25-20-8-10-26-23(24)29-20/h4-8,10,12-13,17H,9,11,14-15H2,1-3H3,(H,28,32)(H,25,26,29)/t17-/m1/s1. The lowest BCUT2D eigenvalue weighted by Crippen LogP contribution is -2.40. The first-order valence-corrected chi connectivity index (χ1v) is 10.8. The van der Waals surface area contributed by atoms with E-state index >= 15 is 0 Å². The fourth-order valence-corrected chi connectivity index (χ4v) is 2.93. The number of nitrogens with zero attached hydrogens (tertiary/aromatic N) is 5. The number of nitrogens with one attached hydrogen (secondary N) is 2. The highest BCUT2D eigenvalue weighted by molar-refractivity contribution is 5.90. The Hall–Kier alpha value is -4.02. The number of rotatable bonds is 11. The molecule has 0 aliphatic rings. The molecule has 3 rings (SSSR count). The summed E-state index contributed by atoms with van der Waals surface area (Å²) in [4.78, 5) is 33.3. The van der Waals surface area contributed by atoms with Crippen molar-refractivity contribution in [2.75, 3.05) is 30.8 Å². The third-order valence-electron chi connectivity index (χ3n) is 5.07. The highest BCUT2D eigenvalue weighted by Crippen LogP contribution is 2.13. The summed E-state index contributed by atoms with van der Waals surface area (Å²) in [5, 5.41) is 9.70. The van der Waals surface area contributed by atoms with Crippen molar-refractivity contribution in [2.45, 2.75) is 32.9 Å². The van der Waals surface area contributed by atoms with E-state index in [4.69, 9.17) is 4.74 Å². The van der Waals surface area contributed by atoms with Gasteiger partial charge in [0.15, 0.2) is 0 Å². The zero-order valence-electron chi connectivity index (χ0n) is 19.4. The molecule has 2 aromatic heterocycles. The van der Waals surface area contributed by atoms with Crippen LogP contribution in [0.2, 0.25) is 0 Å². The van der Waals surface area contributed by atoms with E-state index in [1.807, 2.05) is 38.1 Å². The molecule has 3 aromatic rings. The van der Waals surface area contributed by atoms with Crippen LogP contribution in [-0.2, 0) is 16.1 Å². The SMILES string of the molecule is Cc1ccc(OC[C@@H](C)N(C)C(=O)Cn2cc(NC(=O)CCNc3ccnc(F)n3)cn2)cc1.